The number of hydrogen-bond acceptors (Lipinski definition) is 21. The van der Waals surface area contributed by atoms with Crippen LogP contribution in [0, 0.1) is 11.3 Å². The predicted molar refractivity (Wildman–Crippen MR) is 328 cm³/mol. The molecule has 84 heavy (non-hydrogen) atoms. The second-order valence-electron chi connectivity index (χ2n) is 14.5. The van der Waals surface area contributed by atoms with Crippen LogP contribution in [-0.4, -0.2) is 76.6 Å². The number of nitrogen functional groups attached to an aromatic ring is 1. The van der Waals surface area contributed by atoms with E-state index in [4.69, 9.17) is 26.8 Å². The molecule has 0 radical (unpaired) electrons. The molecule has 0 saturated heterocycles. The number of nitrogens with two attached hydrogens (primary N) is 1. The summed E-state index contributed by atoms with van der Waals surface area (Å²) < 4.78 is 114. The summed E-state index contributed by atoms with van der Waals surface area (Å²) in [6.07, 6.45) is 1.33. The normalized spacial score (nSPS) is 11.8. The van der Waals surface area contributed by atoms with Gasteiger partial charge in [0.25, 0.3) is 39.1 Å². The minimum absolute atomic E-state index is 0. The van der Waals surface area contributed by atoms with Crippen molar-refractivity contribution in [1.82, 2.24) is 0 Å². The van der Waals surface area contributed by atoms with Crippen molar-refractivity contribution in [2.24, 2.45) is 4.40 Å². The molecule has 1 aliphatic rings. The minimum Gasteiger partial charge on any atom is -0.883 e. The molecule has 436 valence electrons. The molecule has 3 aromatic heterocycles. The molecule has 36 heteroatoms. The zero-order chi connectivity index (χ0) is 61.6. The Kier molecular flexibility index (Phi) is 34.8. The summed E-state index contributed by atoms with van der Waals surface area (Å²) >= 11 is 17.0. The minimum atomic E-state index is -3.94. The Morgan fingerprint density at radius 3 is 1.31 bits per heavy atom. The molecule has 8 rings (SSSR count). The molecule has 0 bridgehead atoms. The number of carbonyl (C=O) groups excluding carboxylic acids is 2. The number of benzene rings is 4. The van der Waals surface area contributed by atoms with Crippen LogP contribution in [0.5, 0.6) is 0 Å². The number of ether oxygens (including phenoxy) is 2. The molecule has 4 aromatic carbocycles. The van der Waals surface area contributed by atoms with E-state index in [2.05, 4.69) is 87.0 Å². The average Bonchev–Trinajstić information content (AvgIpc) is 4.42. The van der Waals surface area contributed by atoms with Crippen LogP contribution in [-0.2, 0) is 48.6 Å². The second kappa shape index (κ2) is 37.3. The largest absolute Gasteiger partial charge is 1.00 e. The first-order valence-corrected chi connectivity index (χ1v) is 34.8. The van der Waals surface area contributed by atoms with Crippen molar-refractivity contribution < 1.29 is 132 Å². The third-order valence-corrected chi connectivity index (χ3v) is 20.1. The number of nitriles is 1. The van der Waals surface area contributed by atoms with Gasteiger partial charge in [0.15, 0.2) is 0 Å². The molecule has 0 aliphatic carbocycles. The number of carboxylic acids is 1. The van der Waals surface area contributed by atoms with Gasteiger partial charge < -0.3 is 30.5 Å². The van der Waals surface area contributed by atoms with Gasteiger partial charge in [0, 0.05) is 40.4 Å². The number of hydrogen-bond donors (Lipinski definition) is 4. The van der Waals surface area contributed by atoms with Crippen molar-refractivity contribution in [1.29, 1.82) is 5.26 Å². The monoisotopic (exact) mass is 1590 g/mol. The Labute approximate surface area is 582 Å². The number of allylic oxidation sites excluding steroid dienone is 2. The van der Waals surface area contributed by atoms with Gasteiger partial charge in [-0.2, -0.15) is 24.0 Å². The Morgan fingerprint density at radius 2 is 0.952 bits per heavy atom. The van der Waals surface area contributed by atoms with E-state index in [-0.39, 0.29) is 116 Å². The number of rotatable bonds is 12. The van der Waals surface area contributed by atoms with Crippen LogP contribution in [0.4, 0.5) is 17.1 Å². The number of nitrogens with one attached hydrogen (secondary N) is 2. The molecule has 21 nitrogen and oxygen atoms in total. The number of carboxylic acid groups (broad SMARTS) is 1. The van der Waals surface area contributed by atoms with Gasteiger partial charge in [0.05, 0.1) is 62.6 Å². The van der Waals surface area contributed by atoms with Crippen molar-refractivity contribution >= 4 is 200 Å². The third-order valence-electron chi connectivity index (χ3n) is 8.95. The Bertz CT molecular complexity index is 3960. The van der Waals surface area contributed by atoms with Crippen LogP contribution >= 0.6 is 120 Å². The van der Waals surface area contributed by atoms with E-state index >= 15 is 0 Å². The number of aromatic carboxylic acids is 1. The maximum atomic E-state index is 12.2. The molecule has 0 spiro atoms. The van der Waals surface area contributed by atoms with E-state index in [0.29, 0.717) is 10.6 Å². The average molecular weight is 1600 g/mol. The van der Waals surface area contributed by atoms with Crippen LogP contribution in [0.25, 0.3) is 0 Å². The number of nitrogens with zero attached hydrogens (tertiary/aromatic N) is 2. The number of sulfonamides is 3. The molecule has 7 aromatic rings. The Morgan fingerprint density at radius 1 is 0.607 bits per heavy atom. The zero-order valence-corrected chi connectivity index (χ0v) is 61.2. The summed E-state index contributed by atoms with van der Waals surface area (Å²) in [5.74, 6) is -3.55. The van der Waals surface area contributed by atoms with Gasteiger partial charge in [-0.3, -0.25) is 9.44 Å². The Hall–Kier alpha value is -3.61. The molecule has 5 N–H and O–H groups in total. The van der Waals surface area contributed by atoms with Gasteiger partial charge in [-0.15, -0.1) is 34.0 Å². The number of esters is 2. The van der Waals surface area contributed by atoms with E-state index < -0.39 is 57.0 Å². The molecule has 0 amide bonds. The fraction of sp³-hybridized carbons (Fsp3) is 0.0625. The van der Waals surface area contributed by atoms with E-state index in [0.717, 1.165) is 52.3 Å². The number of halogens is 5. The summed E-state index contributed by atoms with van der Waals surface area (Å²) in [4.78, 5) is 34.0. The van der Waals surface area contributed by atoms with Crippen molar-refractivity contribution in [3.8, 4) is 6.07 Å². The van der Waals surface area contributed by atoms with Crippen LogP contribution in [0.3, 0.4) is 0 Å². The number of methoxy groups -OCH3 is 2. The summed E-state index contributed by atoms with van der Waals surface area (Å²) in [5, 5.41) is 44.2. The van der Waals surface area contributed by atoms with Crippen LogP contribution in [0.1, 0.15) is 35.9 Å². The van der Waals surface area contributed by atoms with Gasteiger partial charge in [0.2, 0.25) is 0 Å². The quantitative estimate of drug-likeness (QED) is 0.0548. The SMILES string of the molecule is CC#N.COC(=O)c1sccc1N.COC(=O)c1sccc1NS(=O)(=O)c1ccc(Br)cc1.O=C(O)c1sccc1NS(=O)(=O)c1ccc(Br)cc1.O=S(=O)(Cl)c1ccc(Br)cc1.O=S(=O)(N=C1C=CSC1=C([O-])[O-])c1ccc(Br)cc1.[Na+].[Na+]. The summed E-state index contributed by atoms with van der Waals surface area (Å²) in [7, 11) is -7.38. The number of thioether (sulfide) groups is 1. The van der Waals surface area contributed by atoms with Crippen molar-refractivity contribution in [3.05, 3.63) is 186 Å². The number of anilines is 3. The van der Waals surface area contributed by atoms with E-state index in [1.54, 1.807) is 71.4 Å². The molecule has 1 aliphatic heterocycles. The fourth-order valence-electron chi connectivity index (χ4n) is 5.32. The van der Waals surface area contributed by atoms with Crippen molar-refractivity contribution in [3.63, 3.8) is 0 Å². The summed E-state index contributed by atoms with van der Waals surface area (Å²) in [5.41, 5.74) is 6.07. The number of thiophene rings is 3. The van der Waals surface area contributed by atoms with Gasteiger partial charge in [-0.05, 0) is 143 Å². The first kappa shape index (κ1) is 78.4. The molecular formula is C48H38Br4ClN5Na2O16S8. The van der Waals surface area contributed by atoms with Crippen LogP contribution in [0.2, 0.25) is 0 Å². The van der Waals surface area contributed by atoms with Gasteiger partial charge in [-0.25, -0.2) is 39.6 Å². The standard InChI is InChI=1S/C12H10BrNO4S2.2C11H8BrNO4S2.C6H4BrClO2S.C6H7NO2S.C2H3N.2Na/c1-18-12(15)11-10(6-7-19-11)14-20(16,17)9-4-2-8(13)3-5-9;2*12-7-1-3-8(4-2-7)19(16,17)13-9-5-6-18-10(9)11(14)15;7-5-1-3-6(4-2-5)11(8,9)10;1-9-6(8)5-4(7)2-3-10-5;1-2-3;;/h2-7,14H,1H3;1-6,14-15H;1-6,13H,(H,14,15);1-4H;2-3H,7H2,1H3;1H3;;/q;;;;;;2*+1/p-2. The number of carbonyl (C=O) groups is 3. The third kappa shape index (κ3) is 25.6. The second-order valence-corrected chi connectivity index (χ2v) is 29.4. The topological polar surface area (TPSA) is 359 Å². The van der Waals surface area contributed by atoms with Gasteiger partial charge in [0.1, 0.15) is 14.6 Å². The molecule has 0 atom stereocenters. The molecular weight excluding hydrogens is 1560 g/mol. The van der Waals surface area contributed by atoms with E-state index in [1.165, 1.54) is 110 Å². The first-order chi connectivity index (χ1) is 38.4. The van der Waals surface area contributed by atoms with Crippen molar-refractivity contribution in [2.75, 3.05) is 29.4 Å². The molecule has 0 unspecified atom stereocenters. The zero-order valence-electron chi connectivity index (χ0n) is 43.6. The van der Waals surface area contributed by atoms with Crippen LogP contribution < -0.4 is 84.5 Å². The van der Waals surface area contributed by atoms with E-state index in [9.17, 15) is 58.3 Å². The molecule has 4 heterocycles. The van der Waals surface area contributed by atoms with Gasteiger partial charge >= 0.3 is 77.0 Å². The Balaban J connectivity index is 0.000000527. The smallest absolute Gasteiger partial charge is 0.883 e. The van der Waals surface area contributed by atoms with E-state index in [1.807, 2.05) is 0 Å². The van der Waals surface area contributed by atoms with Crippen LogP contribution in [0.15, 0.2) is 196 Å². The first-order valence-electron chi connectivity index (χ1n) is 21.4. The molecule has 0 fully saturated rings. The maximum absolute atomic E-state index is 12.2. The summed E-state index contributed by atoms with van der Waals surface area (Å²) in [6.45, 7) is 1.43. The predicted octanol–water partition coefficient (Wildman–Crippen LogP) is 4.87. The van der Waals surface area contributed by atoms with Gasteiger partial charge in [-0.1, -0.05) is 75.5 Å². The fourth-order valence-corrected chi connectivity index (χ4v) is 13.3. The maximum Gasteiger partial charge on any atom is 1.00 e. The molecule has 0 saturated carbocycles. The van der Waals surface area contributed by atoms with Crippen molar-refractivity contribution in [2.45, 2.75) is 26.5 Å². The summed E-state index contributed by atoms with van der Waals surface area (Å²) in [6, 6.07) is 30.6.